The van der Waals surface area contributed by atoms with Gasteiger partial charge in [0, 0.05) is 6.54 Å². The van der Waals surface area contributed by atoms with E-state index in [0.717, 1.165) is 23.1 Å². The largest absolute Gasteiger partial charge is 0.370 e. The predicted molar refractivity (Wildman–Crippen MR) is 100 cm³/mol. The molecular weight excluding hydrogens is 389 g/mol. The summed E-state index contributed by atoms with van der Waals surface area (Å²) in [4.78, 5) is 8.40. The molecule has 0 saturated heterocycles. The zero-order valence-corrected chi connectivity index (χ0v) is 14.3. The van der Waals surface area contributed by atoms with Gasteiger partial charge >= 0.3 is 0 Å². The predicted octanol–water partition coefficient (Wildman–Crippen LogP) is 2.48. The molecule has 1 heterocycles. The van der Waals surface area contributed by atoms with Crippen molar-refractivity contribution >= 4 is 41.0 Å². The van der Waals surface area contributed by atoms with Crippen molar-refractivity contribution in [1.82, 2.24) is 9.55 Å². The maximum atomic E-state index is 5.33. The summed E-state index contributed by atoms with van der Waals surface area (Å²) in [5, 5.41) is 0. The van der Waals surface area contributed by atoms with Crippen LogP contribution in [-0.4, -0.2) is 15.5 Å². The minimum atomic E-state index is 0. The van der Waals surface area contributed by atoms with Crippen LogP contribution in [0.25, 0.3) is 11.0 Å². The van der Waals surface area contributed by atoms with Gasteiger partial charge in [-0.3, -0.25) is 0 Å². The van der Waals surface area contributed by atoms with Crippen molar-refractivity contribution in [2.45, 2.75) is 13.1 Å². The number of guanidine groups is 1. The summed E-state index contributed by atoms with van der Waals surface area (Å²) >= 11 is 0. The molecule has 0 amide bonds. The average Bonchev–Trinajstić information content (AvgIpc) is 2.90. The van der Waals surface area contributed by atoms with Gasteiger partial charge in [0.2, 0.25) is 0 Å². The second kappa shape index (κ2) is 7.26. The van der Waals surface area contributed by atoms with Crippen molar-refractivity contribution in [2.75, 3.05) is 0 Å². The lowest BCUT2D eigenvalue weighted by molar-refractivity contribution is 0.823. The molecule has 0 bridgehead atoms. The van der Waals surface area contributed by atoms with E-state index in [4.69, 9.17) is 11.5 Å². The summed E-state index contributed by atoms with van der Waals surface area (Å²) in [6.07, 6.45) is 1.87. The number of hydrogen-bond donors (Lipinski definition) is 2. The molecule has 0 atom stereocenters. The minimum Gasteiger partial charge on any atom is -0.370 e. The van der Waals surface area contributed by atoms with Gasteiger partial charge in [-0.1, -0.05) is 36.4 Å². The van der Waals surface area contributed by atoms with Crippen LogP contribution in [0.1, 0.15) is 11.1 Å². The summed E-state index contributed by atoms with van der Waals surface area (Å²) in [6.45, 7) is 1.31. The zero-order chi connectivity index (χ0) is 14.7. The molecule has 0 unspecified atom stereocenters. The monoisotopic (exact) mass is 407 g/mol. The van der Waals surface area contributed by atoms with Gasteiger partial charge in [0.1, 0.15) is 0 Å². The number of aromatic nitrogens is 2. The van der Waals surface area contributed by atoms with Crippen molar-refractivity contribution < 1.29 is 0 Å². The van der Waals surface area contributed by atoms with Crippen molar-refractivity contribution in [2.24, 2.45) is 16.5 Å². The van der Waals surface area contributed by atoms with Crippen molar-refractivity contribution in [1.29, 1.82) is 0 Å². The van der Waals surface area contributed by atoms with Gasteiger partial charge in [-0.2, -0.15) is 0 Å². The maximum Gasteiger partial charge on any atom is 0.186 e. The van der Waals surface area contributed by atoms with E-state index in [-0.39, 0.29) is 29.9 Å². The third-order valence-corrected chi connectivity index (χ3v) is 3.35. The van der Waals surface area contributed by atoms with Crippen LogP contribution in [0.2, 0.25) is 0 Å². The number of imidazole rings is 1. The average molecular weight is 407 g/mol. The van der Waals surface area contributed by atoms with Gasteiger partial charge in [0.25, 0.3) is 0 Å². The van der Waals surface area contributed by atoms with Crippen molar-refractivity contribution in [3.05, 3.63) is 66.0 Å². The molecule has 0 aliphatic rings. The molecule has 1 aromatic heterocycles. The Morgan fingerprint density at radius 1 is 1.00 bits per heavy atom. The van der Waals surface area contributed by atoms with Crippen LogP contribution in [0.4, 0.5) is 0 Å². The smallest absolute Gasteiger partial charge is 0.186 e. The number of benzene rings is 2. The number of para-hydroxylation sites is 2. The van der Waals surface area contributed by atoms with Crippen molar-refractivity contribution in [3.63, 3.8) is 0 Å². The van der Waals surface area contributed by atoms with E-state index in [1.807, 2.05) is 36.7 Å². The highest BCUT2D eigenvalue weighted by Crippen LogP contribution is 2.14. The molecule has 4 N–H and O–H groups in total. The first-order chi connectivity index (χ1) is 10.2. The Labute approximate surface area is 146 Å². The van der Waals surface area contributed by atoms with Crippen LogP contribution >= 0.6 is 24.0 Å². The molecular formula is C16H18IN5. The maximum absolute atomic E-state index is 5.33. The van der Waals surface area contributed by atoms with E-state index < -0.39 is 0 Å². The number of aliphatic imine (C=N–C) groups is 1. The Morgan fingerprint density at radius 2 is 1.68 bits per heavy atom. The highest BCUT2D eigenvalue weighted by atomic mass is 127. The highest BCUT2D eigenvalue weighted by Gasteiger charge is 2.02. The molecule has 0 spiro atoms. The molecule has 0 aliphatic carbocycles. The van der Waals surface area contributed by atoms with Gasteiger partial charge < -0.3 is 16.0 Å². The summed E-state index contributed by atoms with van der Waals surface area (Å²) in [5.74, 6) is 0.115. The molecule has 114 valence electrons. The summed E-state index contributed by atoms with van der Waals surface area (Å²) in [7, 11) is 0. The molecule has 0 fully saturated rings. The lowest BCUT2D eigenvalue weighted by atomic mass is 10.1. The summed E-state index contributed by atoms with van der Waals surface area (Å²) in [6, 6.07) is 16.4. The van der Waals surface area contributed by atoms with Crippen LogP contribution in [-0.2, 0) is 13.1 Å². The van der Waals surface area contributed by atoms with Crippen LogP contribution < -0.4 is 11.5 Å². The second-order valence-electron chi connectivity index (χ2n) is 4.92. The van der Waals surface area contributed by atoms with Crippen LogP contribution in [0.15, 0.2) is 59.9 Å². The lowest BCUT2D eigenvalue weighted by Gasteiger charge is -2.05. The van der Waals surface area contributed by atoms with Crippen molar-refractivity contribution in [3.8, 4) is 0 Å². The quantitative estimate of drug-likeness (QED) is 0.396. The molecule has 3 rings (SSSR count). The van der Waals surface area contributed by atoms with Crippen LogP contribution in [0.3, 0.4) is 0 Å². The topological polar surface area (TPSA) is 82.2 Å². The van der Waals surface area contributed by atoms with Gasteiger partial charge in [-0.25, -0.2) is 9.98 Å². The first-order valence-electron chi connectivity index (χ1n) is 6.75. The molecule has 0 saturated carbocycles. The van der Waals surface area contributed by atoms with Gasteiger partial charge in [0.15, 0.2) is 5.96 Å². The number of fused-ring (bicyclic) bond motifs is 1. The summed E-state index contributed by atoms with van der Waals surface area (Å²) in [5.41, 5.74) is 15.1. The normalized spacial score (nSPS) is 10.2. The molecule has 6 heteroatoms. The van der Waals surface area contributed by atoms with Crippen LogP contribution in [0.5, 0.6) is 0 Å². The van der Waals surface area contributed by atoms with E-state index >= 15 is 0 Å². The van der Waals surface area contributed by atoms with Crippen LogP contribution in [0, 0.1) is 0 Å². The number of rotatable bonds is 4. The number of halogens is 1. The van der Waals surface area contributed by atoms with E-state index in [0.29, 0.717) is 6.54 Å². The molecule has 3 aromatic rings. The zero-order valence-electron chi connectivity index (χ0n) is 12.0. The third-order valence-electron chi connectivity index (χ3n) is 3.35. The Morgan fingerprint density at radius 3 is 2.41 bits per heavy atom. The first-order valence-corrected chi connectivity index (χ1v) is 6.75. The van der Waals surface area contributed by atoms with Gasteiger partial charge in [0.05, 0.1) is 23.9 Å². The van der Waals surface area contributed by atoms with E-state index in [1.54, 1.807) is 0 Å². The molecule has 0 aliphatic heterocycles. The van der Waals surface area contributed by atoms with Gasteiger partial charge in [-0.05, 0) is 23.3 Å². The fraction of sp³-hybridized carbons (Fsp3) is 0.125. The number of nitrogens with two attached hydrogens (primary N) is 2. The number of hydrogen-bond acceptors (Lipinski definition) is 2. The Bertz CT molecular complexity index is 773. The first kappa shape index (κ1) is 16.3. The highest BCUT2D eigenvalue weighted by molar-refractivity contribution is 14.0. The SMILES string of the molecule is I.NC(N)=NCc1ccc(Cn2cnc3ccccc32)cc1. The van der Waals surface area contributed by atoms with E-state index in [9.17, 15) is 0 Å². The minimum absolute atomic E-state index is 0. The summed E-state index contributed by atoms with van der Waals surface area (Å²) < 4.78 is 2.14. The van der Waals surface area contributed by atoms with E-state index in [1.165, 1.54) is 5.56 Å². The molecule has 0 radical (unpaired) electrons. The third kappa shape index (κ3) is 3.76. The molecule has 5 nitrogen and oxygen atoms in total. The fourth-order valence-corrected chi connectivity index (χ4v) is 2.27. The van der Waals surface area contributed by atoms with Gasteiger partial charge in [-0.15, -0.1) is 24.0 Å². The Kier molecular flexibility index (Phi) is 5.37. The standard InChI is InChI=1S/C16H17N5.HI/c17-16(18)19-9-12-5-7-13(8-6-12)10-21-11-20-14-3-1-2-4-15(14)21;/h1-8,11H,9-10H2,(H4,17,18,19);1H. The van der Waals surface area contributed by atoms with E-state index in [2.05, 4.69) is 32.7 Å². The Balaban J connectivity index is 0.00000176. The second-order valence-corrected chi connectivity index (χ2v) is 4.92. The molecule has 22 heavy (non-hydrogen) atoms. The molecule has 2 aromatic carbocycles. The number of nitrogens with zero attached hydrogens (tertiary/aromatic N) is 3. The lowest BCUT2D eigenvalue weighted by Crippen LogP contribution is -2.22. The fourth-order valence-electron chi connectivity index (χ4n) is 2.27. The Hall–Kier alpha value is -2.09.